The monoisotopic (exact) mass is 156 g/mol. The van der Waals surface area contributed by atoms with Crippen LogP contribution in [-0.2, 0) is 4.79 Å². The Morgan fingerprint density at radius 1 is 1.64 bits per heavy atom. The average molecular weight is 156 g/mol. The minimum absolute atomic E-state index is 0.145. The van der Waals surface area contributed by atoms with E-state index in [-0.39, 0.29) is 5.92 Å². The molecule has 0 aromatic carbocycles. The van der Waals surface area contributed by atoms with E-state index in [0.29, 0.717) is 0 Å². The van der Waals surface area contributed by atoms with E-state index in [9.17, 15) is 4.79 Å². The second-order valence-corrected chi connectivity index (χ2v) is 3.61. The summed E-state index contributed by atoms with van der Waals surface area (Å²) in [5.41, 5.74) is 0. The second kappa shape index (κ2) is 3.74. The summed E-state index contributed by atoms with van der Waals surface area (Å²) in [7, 11) is 0. The maximum absolute atomic E-state index is 10.4. The van der Waals surface area contributed by atoms with Crippen molar-refractivity contribution in [3.8, 4) is 0 Å². The fourth-order valence-corrected chi connectivity index (χ4v) is 1.24. The number of carboxylic acids is 1. The zero-order valence-corrected chi connectivity index (χ0v) is 7.05. The van der Waals surface area contributed by atoms with Gasteiger partial charge in [0.05, 0.1) is 5.92 Å². The van der Waals surface area contributed by atoms with Crippen molar-refractivity contribution in [3.63, 3.8) is 0 Å². The van der Waals surface area contributed by atoms with E-state index < -0.39 is 5.97 Å². The van der Waals surface area contributed by atoms with Gasteiger partial charge >= 0.3 is 5.97 Å². The summed E-state index contributed by atoms with van der Waals surface area (Å²) in [5.74, 6) is 0.144. The van der Waals surface area contributed by atoms with Gasteiger partial charge in [-0.05, 0) is 12.3 Å². The van der Waals surface area contributed by atoms with Crippen LogP contribution in [0.5, 0.6) is 0 Å². The molecule has 1 fully saturated rings. The van der Waals surface area contributed by atoms with Crippen molar-refractivity contribution in [3.05, 3.63) is 0 Å². The molecule has 0 amide bonds. The zero-order valence-electron chi connectivity index (χ0n) is 7.05. The van der Waals surface area contributed by atoms with E-state index in [1.54, 1.807) is 6.92 Å². The number of hydrogen-bond donors (Lipinski definition) is 1. The fraction of sp³-hybridized carbons (Fsp3) is 0.889. The summed E-state index contributed by atoms with van der Waals surface area (Å²) in [5, 5.41) is 8.56. The van der Waals surface area contributed by atoms with Crippen LogP contribution in [0, 0.1) is 11.8 Å². The standard InChI is InChI=1S/C9H16O2/c1-7(9(10)11)3-2-4-8-5-6-8/h7-8H,2-6H2,1H3,(H,10,11). The third-order valence-electron chi connectivity index (χ3n) is 2.37. The first-order chi connectivity index (χ1) is 5.20. The van der Waals surface area contributed by atoms with Crippen LogP contribution >= 0.6 is 0 Å². The van der Waals surface area contributed by atoms with E-state index in [2.05, 4.69) is 0 Å². The van der Waals surface area contributed by atoms with Gasteiger partial charge in [-0.3, -0.25) is 4.79 Å². The number of carbonyl (C=O) groups is 1. The van der Waals surface area contributed by atoms with Crippen LogP contribution in [0.2, 0.25) is 0 Å². The van der Waals surface area contributed by atoms with E-state index in [1.807, 2.05) is 0 Å². The SMILES string of the molecule is CC(CCCC1CC1)C(=O)O. The van der Waals surface area contributed by atoms with Crippen LogP contribution in [0.3, 0.4) is 0 Å². The highest BCUT2D eigenvalue weighted by Gasteiger charge is 2.21. The first kappa shape index (κ1) is 8.57. The van der Waals surface area contributed by atoms with Crippen molar-refractivity contribution in [1.29, 1.82) is 0 Å². The van der Waals surface area contributed by atoms with Crippen molar-refractivity contribution in [2.45, 2.75) is 39.0 Å². The zero-order chi connectivity index (χ0) is 8.27. The molecule has 1 atom stereocenters. The molecular formula is C9H16O2. The molecule has 1 saturated carbocycles. The predicted octanol–water partition coefficient (Wildman–Crippen LogP) is 2.29. The van der Waals surface area contributed by atoms with Gasteiger partial charge in [0.2, 0.25) is 0 Å². The largest absolute Gasteiger partial charge is 0.481 e. The minimum atomic E-state index is -0.652. The molecule has 0 bridgehead atoms. The van der Waals surface area contributed by atoms with Crippen LogP contribution < -0.4 is 0 Å². The molecule has 0 aromatic heterocycles. The topological polar surface area (TPSA) is 37.3 Å². The Balaban J connectivity index is 1.96. The predicted molar refractivity (Wildman–Crippen MR) is 43.4 cm³/mol. The molecular weight excluding hydrogens is 140 g/mol. The number of carboxylic acid groups (broad SMARTS) is 1. The fourth-order valence-electron chi connectivity index (χ4n) is 1.24. The molecule has 1 aliphatic carbocycles. The van der Waals surface area contributed by atoms with Gasteiger partial charge in [0.15, 0.2) is 0 Å². The molecule has 0 saturated heterocycles. The summed E-state index contributed by atoms with van der Waals surface area (Å²) in [4.78, 5) is 10.4. The van der Waals surface area contributed by atoms with Gasteiger partial charge in [-0.15, -0.1) is 0 Å². The molecule has 1 N–H and O–H groups in total. The van der Waals surface area contributed by atoms with Crippen molar-refractivity contribution < 1.29 is 9.90 Å². The van der Waals surface area contributed by atoms with Crippen LogP contribution in [0.1, 0.15) is 39.0 Å². The Kier molecular flexibility index (Phi) is 2.92. The van der Waals surface area contributed by atoms with Crippen LogP contribution in [-0.4, -0.2) is 11.1 Å². The molecule has 1 rings (SSSR count). The quantitative estimate of drug-likeness (QED) is 0.663. The summed E-state index contributed by atoms with van der Waals surface area (Å²) >= 11 is 0. The molecule has 2 nitrogen and oxygen atoms in total. The van der Waals surface area contributed by atoms with E-state index in [4.69, 9.17) is 5.11 Å². The third-order valence-corrected chi connectivity index (χ3v) is 2.37. The normalized spacial score (nSPS) is 19.7. The third kappa shape index (κ3) is 3.40. The van der Waals surface area contributed by atoms with Gasteiger partial charge in [0.1, 0.15) is 0 Å². The Hall–Kier alpha value is -0.530. The molecule has 0 spiro atoms. The lowest BCUT2D eigenvalue weighted by molar-refractivity contribution is -0.141. The summed E-state index contributed by atoms with van der Waals surface area (Å²) in [6.07, 6.45) is 5.95. The Labute approximate surface area is 67.6 Å². The van der Waals surface area contributed by atoms with Gasteiger partial charge in [-0.1, -0.05) is 32.6 Å². The Morgan fingerprint density at radius 2 is 2.27 bits per heavy atom. The van der Waals surface area contributed by atoms with Gasteiger partial charge in [-0.2, -0.15) is 0 Å². The lowest BCUT2D eigenvalue weighted by Gasteiger charge is -2.03. The average Bonchev–Trinajstić information content (AvgIpc) is 2.71. The molecule has 11 heavy (non-hydrogen) atoms. The van der Waals surface area contributed by atoms with E-state index in [1.165, 1.54) is 19.3 Å². The molecule has 0 aliphatic heterocycles. The summed E-state index contributed by atoms with van der Waals surface area (Å²) < 4.78 is 0. The maximum atomic E-state index is 10.4. The first-order valence-electron chi connectivity index (χ1n) is 4.43. The maximum Gasteiger partial charge on any atom is 0.306 e. The summed E-state index contributed by atoms with van der Waals surface area (Å²) in [6, 6.07) is 0. The minimum Gasteiger partial charge on any atom is -0.481 e. The van der Waals surface area contributed by atoms with Gasteiger partial charge < -0.3 is 5.11 Å². The number of hydrogen-bond acceptors (Lipinski definition) is 1. The smallest absolute Gasteiger partial charge is 0.306 e. The first-order valence-corrected chi connectivity index (χ1v) is 4.43. The molecule has 64 valence electrons. The Bertz CT molecular complexity index is 138. The van der Waals surface area contributed by atoms with Crippen LogP contribution in [0.25, 0.3) is 0 Å². The van der Waals surface area contributed by atoms with Crippen molar-refractivity contribution in [1.82, 2.24) is 0 Å². The molecule has 0 radical (unpaired) electrons. The Morgan fingerprint density at radius 3 is 2.73 bits per heavy atom. The molecule has 2 heteroatoms. The molecule has 0 aromatic rings. The lowest BCUT2D eigenvalue weighted by Crippen LogP contribution is -2.08. The van der Waals surface area contributed by atoms with E-state index >= 15 is 0 Å². The number of aliphatic carboxylic acids is 1. The van der Waals surface area contributed by atoms with E-state index in [0.717, 1.165) is 18.8 Å². The van der Waals surface area contributed by atoms with Crippen LogP contribution in [0.15, 0.2) is 0 Å². The summed E-state index contributed by atoms with van der Waals surface area (Å²) in [6.45, 7) is 1.79. The lowest BCUT2D eigenvalue weighted by atomic mass is 10.0. The van der Waals surface area contributed by atoms with Crippen molar-refractivity contribution in [2.24, 2.45) is 11.8 Å². The number of rotatable bonds is 5. The highest BCUT2D eigenvalue weighted by molar-refractivity contribution is 5.69. The van der Waals surface area contributed by atoms with Gasteiger partial charge in [-0.25, -0.2) is 0 Å². The highest BCUT2D eigenvalue weighted by atomic mass is 16.4. The molecule has 1 aliphatic rings. The van der Waals surface area contributed by atoms with Crippen molar-refractivity contribution >= 4 is 5.97 Å². The molecule has 1 unspecified atom stereocenters. The van der Waals surface area contributed by atoms with Gasteiger partial charge in [0, 0.05) is 0 Å². The van der Waals surface area contributed by atoms with Crippen molar-refractivity contribution in [2.75, 3.05) is 0 Å². The molecule has 0 heterocycles. The van der Waals surface area contributed by atoms with Crippen LogP contribution in [0.4, 0.5) is 0 Å². The highest BCUT2D eigenvalue weighted by Crippen LogP contribution is 2.34. The van der Waals surface area contributed by atoms with Gasteiger partial charge in [0.25, 0.3) is 0 Å². The second-order valence-electron chi connectivity index (χ2n) is 3.61.